The molecule has 1 aliphatic heterocycles. The van der Waals surface area contributed by atoms with Crippen LogP contribution in [0.15, 0.2) is 17.0 Å². The van der Waals surface area contributed by atoms with E-state index in [2.05, 4.69) is 25.4 Å². The smallest absolute Gasteiger partial charge is 0.255 e. The fourth-order valence-electron chi connectivity index (χ4n) is 2.48. The topological polar surface area (TPSA) is 103 Å². The monoisotopic (exact) mass is 317 g/mol. The van der Waals surface area contributed by atoms with E-state index >= 15 is 0 Å². The third-order valence-electron chi connectivity index (χ3n) is 3.62. The number of rotatable bonds is 6. The number of hydrogen-bond donors (Lipinski definition) is 1. The molecule has 23 heavy (non-hydrogen) atoms. The molecule has 0 aromatic carbocycles. The van der Waals surface area contributed by atoms with Gasteiger partial charge in [0.1, 0.15) is 12.4 Å². The van der Waals surface area contributed by atoms with Crippen LogP contribution < -0.4 is 5.32 Å². The van der Waals surface area contributed by atoms with Gasteiger partial charge < -0.3 is 14.6 Å². The highest BCUT2D eigenvalue weighted by Gasteiger charge is 2.24. The normalized spacial score (nSPS) is 17.3. The summed E-state index contributed by atoms with van der Waals surface area (Å²) < 4.78 is 10.7. The minimum Gasteiger partial charge on any atom is -0.368 e. The minimum absolute atomic E-state index is 0.120. The minimum atomic E-state index is -0.238. The van der Waals surface area contributed by atoms with Gasteiger partial charge >= 0.3 is 0 Å². The summed E-state index contributed by atoms with van der Waals surface area (Å²) in [6.45, 7) is 2.94. The molecule has 0 saturated carbocycles. The first kappa shape index (κ1) is 15.5. The second kappa shape index (κ2) is 7.28. The van der Waals surface area contributed by atoms with Gasteiger partial charge in [0.2, 0.25) is 0 Å². The van der Waals surface area contributed by atoms with Crippen LogP contribution in [0, 0.1) is 0 Å². The van der Waals surface area contributed by atoms with Gasteiger partial charge in [-0.1, -0.05) is 18.5 Å². The summed E-state index contributed by atoms with van der Waals surface area (Å²) in [5.74, 6) is 0.664. The SMILES string of the molecule is CCCc1ncncc1C(=O)NCc1noc([C@H]2CCCO2)n1. The van der Waals surface area contributed by atoms with Crippen LogP contribution in [0.3, 0.4) is 0 Å². The lowest BCUT2D eigenvalue weighted by Crippen LogP contribution is -2.25. The standard InChI is InChI=1S/C15H19N5O3/c1-2-4-11-10(7-16-9-18-11)14(21)17-8-13-19-15(23-20-13)12-5-3-6-22-12/h7,9,12H,2-6,8H2,1H3,(H,17,21)/t12-/m1/s1. The molecule has 2 aromatic rings. The van der Waals surface area contributed by atoms with Crippen molar-refractivity contribution in [3.63, 3.8) is 0 Å². The van der Waals surface area contributed by atoms with Crippen molar-refractivity contribution in [3.8, 4) is 0 Å². The van der Waals surface area contributed by atoms with Gasteiger partial charge in [0.15, 0.2) is 5.82 Å². The van der Waals surface area contributed by atoms with Gasteiger partial charge in [-0.15, -0.1) is 0 Å². The molecule has 122 valence electrons. The molecule has 0 bridgehead atoms. The van der Waals surface area contributed by atoms with E-state index in [0.717, 1.165) is 31.4 Å². The highest BCUT2D eigenvalue weighted by atomic mass is 16.5. The lowest BCUT2D eigenvalue weighted by molar-refractivity contribution is 0.0835. The molecule has 0 radical (unpaired) electrons. The average molecular weight is 317 g/mol. The average Bonchev–Trinajstić information content (AvgIpc) is 3.24. The lowest BCUT2D eigenvalue weighted by Gasteiger charge is -2.06. The van der Waals surface area contributed by atoms with Crippen LogP contribution in [0.4, 0.5) is 0 Å². The number of carbonyl (C=O) groups excluding carboxylic acids is 1. The zero-order valence-corrected chi connectivity index (χ0v) is 13.0. The largest absolute Gasteiger partial charge is 0.368 e. The van der Waals surface area contributed by atoms with Gasteiger partial charge in [0.05, 0.1) is 17.8 Å². The Balaban J connectivity index is 1.61. The molecule has 0 unspecified atom stereocenters. The molecule has 1 atom stereocenters. The predicted molar refractivity (Wildman–Crippen MR) is 79.4 cm³/mol. The maximum atomic E-state index is 12.3. The van der Waals surface area contributed by atoms with Gasteiger partial charge in [-0.2, -0.15) is 4.98 Å². The zero-order chi connectivity index (χ0) is 16.1. The first-order valence-electron chi connectivity index (χ1n) is 7.79. The summed E-state index contributed by atoms with van der Waals surface area (Å²) >= 11 is 0. The van der Waals surface area contributed by atoms with E-state index in [1.165, 1.54) is 12.5 Å². The summed E-state index contributed by atoms with van der Waals surface area (Å²) in [7, 11) is 0. The molecular weight excluding hydrogens is 298 g/mol. The number of nitrogens with one attached hydrogen (secondary N) is 1. The van der Waals surface area contributed by atoms with Crippen LogP contribution in [0.2, 0.25) is 0 Å². The van der Waals surface area contributed by atoms with Gasteiger partial charge in [0, 0.05) is 12.8 Å². The van der Waals surface area contributed by atoms with Crippen molar-refractivity contribution in [2.24, 2.45) is 0 Å². The van der Waals surface area contributed by atoms with Crippen LogP contribution in [0.1, 0.15) is 60.1 Å². The Hall–Kier alpha value is -2.35. The molecule has 0 spiro atoms. The highest BCUT2D eigenvalue weighted by Crippen LogP contribution is 2.26. The van der Waals surface area contributed by atoms with Crippen LogP contribution in [0.25, 0.3) is 0 Å². The summed E-state index contributed by atoms with van der Waals surface area (Å²) in [5.41, 5.74) is 1.23. The van der Waals surface area contributed by atoms with Crippen LogP contribution in [-0.4, -0.2) is 32.6 Å². The maximum absolute atomic E-state index is 12.3. The van der Waals surface area contributed by atoms with Crippen molar-refractivity contribution >= 4 is 5.91 Å². The quantitative estimate of drug-likeness (QED) is 0.863. The van der Waals surface area contributed by atoms with Gasteiger partial charge in [-0.05, 0) is 19.3 Å². The van der Waals surface area contributed by atoms with Crippen molar-refractivity contribution in [2.45, 2.75) is 45.3 Å². The number of nitrogens with zero attached hydrogens (tertiary/aromatic N) is 4. The number of aromatic nitrogens is 4. The van der Waals surface area contributed by atoms with Crippen molar-refractivity contribution in [3.05, 3.63) is 35.5 Å². The van der Waals surface area contributed by atoms with Gasteiger partial charge in [-0.3, -0.25) is 4.79 Å². The third-order valence-corrected chi connectivity index (χ3v) is 3.62. The molecule has 8 nitrogen and oxygen atoms in total. The van der Waals surface area contributed by atoms with Crippen LogP contribution >= 0.6 is 0 Å². The lowest BCUT2D eigenvalue weighted by atomic mass is 10.1. The molecule has 1 saturated heterocycles. The molecule has 0 aliphatic carbocycles. The molecule has 3 heterocycles. The van der Waals surface area contributed by atoms with E-state index in [0.29, 0.717) is 23.9 Å². The fraction of sp³-hybridized carbons (Fsp3) is 0.533. The highest BCUT2D eigenvalue weighted by molar-refractivity contribution is 5.94. The Kier molecular flexibility index (Phi) is 4.92. The Morgan fingerprint density at radius 1 is 1.48 bits per heavy atom. The Bertz CT molecular complexity index is 667. The van der Waals surface area contributed by atoms with Crippen molar-refractivity contribution in [2.75, 3.05) is 6.61 Å². The first-order chi connectivity index (χ1) is 11.3. The number of carbonyl (C=O) groups is 1. The second-order valence-electron chi connectivity index (χ2n) is 5.37. The van der Waals surface area contributed by atoms with Gasteiger partial charge in [0.25, 0.3) is 11.8 Å². The maximum Gasteiger partial charge on any atom is 0.255 e. The summed E-state index contributed by atoms with van der Waals surface area (Å²) in [5, 5.41) is 6.65. The molecular formula is C15H19N5O3. The van der Waals surface area contributed by atoms with E-state index in [-0.39, 0.29) is 18.6 Å². The number of amides is 1. The van der Waals surface area contributed by atoms with E-state index in [9.17, 15) is 4.79 Å². The third kappa shape index (κ3) is 3.70. The molecule has 1 N–H and O–H groups in total. The van der Waals surface area contributed by atoms with E-state index < -0.39 is 0 Å². The van der Waals surface area contributed by atoms with Crippen molar-refractivity contribution in [1.82, 2.24) is 25.4 Å². The van der Waals surface area contributed by atoms with Crippen molar-refractivity contribution in [1.29, 1.82) is 0 Å². The molecule has 1 amide bonds. The number of aryl methyl sites for hydroxylation is 1. The first-order valence-corrected chi connectivity index (χ1v) is 7.79. The molecule has 1 fully saturated rings. The summed E-state index contributed by atoms with van der Waals surface area (Å²) in [4.78, 5) is 24.6. The van der Waals surface area contributed by atoms with Crippen molar-refractivity contribution < 1.29 is 14.1 Å². The molecule has 3 rings (SSSR count). The second-order valence-corrected chi connectivity index (χ2v) is 5.37. The number of ether oxygens (including phenoxy) is 1. The molecule has 2 aromatic heterocycles. The van der Waals surface area contributed by atoms with E-state index in [1.807, 2.05) is 6.92 Å². The zero-order valence-electron chi connectivity index (χ0n) is 13.0. The summed E-state index contributed by atoms with van der Waals surface area (Å²) in [6.07, 6.45) is 6.38. The Labute approximate surface area is 133 Å². The van der Waals surface area contributed by atoms with Crippen LogP contribution in [-0.2, 0) is 17.7 Å². The Morgan fingerprint density at radius 3 is 3.17 bits per heavy atom. The van der Waals surface area contributed by atoms with E-state index in [1.54, 1.807) is 0 Å². The van der Waals surface area contributed by atoms with E-state index in [4.69, 9.17) is 9.26 Å². The predicted octanol–water partition coefficient (Wildman–Crippen LogP) is 1.59. The summed E-state index contributed by atoms with van der Waals surface area (Å²) in [6, 6.07) is 0. The van der Waals surface area contributed by atoms with Gasteiger partial charge in [-0.25, -0.2) is 9.97 Å². The Morgan fingerprint density at radius 2 is 2.39 bits per heavy atom. The molecule has 8 heteroatoms. The molecule has 1 aliphatic rings. The van der Waals surface area contributed by atoms with Crippen LogP contribution in [0.5, 0.6) is 0 Å². The fourth-order valence-corrected chi connectivity index (χ4v) is 2.48. The number of hydrogen-bond acceptors (Lipinski definition) is 7.